The summed E-state index contributed by atoms with van der Waals surface area (Å²) in [5.41, 5.74) is 9.14. The first-order chi connectivity index (χ1) is 10.0. The maximum absolute atomic E-state index is 5.90. The van der Waals surface area contributed by atoms with Crippen molar-refractivity contribution in [2.24, 2.45) is 12.8 Å². The highest BCUT2D eigenvalue weighted by Gasteiger charge is 2.13. The lowest BCUT2D eigenvalue weighted by molar-refractivity contribution is 0.294. The van der Waals surface area contributed by atoms with Gasteiger partial charge in [0.2, 0.25) is 0 Å². The lowest BCUT2D eigenvalue weighted by Crippen LogP contribution is -2.17. The van der Waals surface area contributed by atoms with E-state index >= 15 is 0 Å². The summed E-state index contributed by atoms with van der Waals surface area (Å²) in [6, 6.07) is 8.25. The fraction of sp³-hybridized carbons (Fsp3) is 0.438. The maximum Gasteiger partial charge on any atom is 0.131 e. The Morgan fingerprint density at radius 2 is 2.19 bits per heavy atom. The van der Waals surface area contributed by atoms with Crippen LogP contribution in [0, 0.1) is 0 Å². The van der Waals surface area contributed by atoms with Crippen LogP contribution in [0.2, 0.25) is 0 Å². The highest BCUT2D eigenvalue weighted by molar-refractivity contribution is 9.10. The highest BCUT2D eigenvalue weighted by atomic mass is 79.9. The molecule has 0 saturated heterocycles. The fourth-order valence-electron chi connectivity index (χ4n) is 2.26. The predicted octanol–water partition coefficient (Wildman–Crippen LogP) is 3.21. The summed E-state index contributed by atoms with van der Waals surface area (Å²) in [4.78, 5) is 0. The number of nitrogens with zero attached hydrogens (tertiary/aromatic N) is 2. The number of rotatable bonds is 6. The van der Waals surface area contributed by atoms with Crippen molar-refractivity contribution in [1.29, 1.82) is 0 Å². The number of ether oxygens (including phenoxy) is 1. The SMILES string of the molecule is CCc1nn(C)c(COc2cccc(CC(C)N)c2)c1Br. The molecule has 2 aromatic rings. The molecule has 0 aliphatic rings. The van der Waals surface area contributed by atoms with E-state index in [9.17, 15) is 0 Å². The highest BCUT2D eigenvalue weighted by Crippen LogP contribution is 2.23. The second-order valence-electron chi connectivity index (χ2n) is 5.30. The van der Waals surface area contributed by atoms with Crippen LogP contribution in [-0.4, -0.2) is 15.8 Å². The molecule has 1 atom stereocenters. The van der Waals surface area contributed by atoms with Crippen LogP contribution < -0.4 is 10.5 Å². The number of benzene rings is 1. The van der Waals surface area contributed by atoms with E-state index in [4.69, 9.17) is 10.5 Å². The summed E-state index contributed by atoms with van der Waals surface area (Å²) in [6.45, 7) is 4.59. The van der Waals surface area contributed by atoms with E-state index in [-0.39, 0.29) is 6.04 Å². The predicted molar refractivity (Wildman–Crippen MR) is 88.4 cm³/mol. The molecule has 0 radical (unpaired) electrons. The molecule has 4 nitrogen and oxygen atoms in total. The van der Waals surface area contributed by atoms with Crippen LogP contribution in [0.5, 0.6) is 5.75 Å². The largest absolute Gasteiger partial charge is 0.487 e. The van der Waals surface area contributed by atoms with Gasteiger partial charge >= 0.3 is 0 Å². The quantitative estimate of drug-likeness (QED) is 0.869. The number of hydrogen-bond acceptors (Lipinski definition) is 3. The molecule has 2 rings (SSSR count). The van der Waals surface area contributed by atoms with Crippen LogP contribution >= 0.6 is 15.9 Å². The Labute approximate surface area is 134 Å². The Morgan fingerprint density at radius 3 is 2.81 bits per heavy atom. The summed E-state index contributed by atoms with van der Waals surface area (Å²) in [5.74, 6) is 0.860. The van der Waals surface area contributed by atoms with E-state index in [1.807, 2.05) is 36.9 Å². The third-order valence-electron chi connectivity index (χ3n) is 3.33. The van der Waals surface area contributed by atoms with E-state index in [0.29, 0.717) is 6.61 Å². The standard InChI is InChI=1S/C16H22BrN3O/c1-4-14-16(17)15(20(3)19-14)10-21-13-7-5-6-12(9-13)8-11(2)18/h5-7,9,11H,4,8,10,18H2,1-3H3. The van der Waals surface area contributed by atoms with Crippen molar-refractivity contribution in [2.75, 3.05) is 0 Å². The topological polar surface area (TPSA) is 53.1 Å². The average molecular weight is 352 g/mol. The van der Waals surface area contributed by atoms with Crippen molar-refractivity contribution in [1.82, 2.24) is 9.78 Å². The van der Waals surface area contributed by atoms with Crippen LogP contribution in [0.25, 0.3) is 0 Å². The van der Waals surface area contributed by atoms with E-state index < -0.39 is 0 Å². The number of hydrogen-bond donors (Lipinski definition) is 1. The lowest BCUT2D eigenvalue weighted by Gasteiger charge is -2.10. The Hall–Kier alpha value is -1.33. The molecule has 114 valence electrons. The van der Waals surface area contributed by atoms with Gasteiger partial charge in [-0.1, -0.05) is 19.1 Å². The smallest absolute Gasteiger partial charge is 0.131 e. The van der Waals surface area contributed by atoms with Crippen LogP contribution in [0.15, 0.2) is 28.7 Å². The molecule has 0 bridgehead atoms. The van der Waals surface area contributed by atoms with Crippen LogP contribution in [-0.2, 0) is 26.5 Å². The van der Waals surface area contributed by atoms with Gasteiger partial charge in [-0.2, -0.15) is 5.10 Å². The van der Waals surface area contributed by atoms with E-state index in [2.05, 4.69) is 34.0 Å². The molecule has 0 saturated carbocycles. The Morgan fingerprint density at radius 1 is 1.43 bits per heavy atom. The molecule has 21 heavy (non-hydrogen) atoms. The van der Waals surface area contributed by atoms with Crippen molar-refractivity contribution < 1.29 is 4.74 Å². The molecule has 5 heteroatoms. The molecule has 0 spiro atoms. The zero-order valence-electron chi connectivity index (χ0n) is 12.8. The number of aromatic nitrogens is 2. The Balaban J connectivity index is 2.08. The average Bonchev–Trinajstić information content (AvgIpc) is 2.71. The maximum atomic E-state index is 5.90. The van der Waals surface area contributed by atoms with Crippen molar-refractivity contribution in [3.05, 3.63) is 45.7 Å². The summed E-state index contributed by atoms with van der Waals surface area (Å²) in [5, 5.41) is 4.47. The van der Waals surface area contributed by atoms with Gasteiger partial charge in [-0.05, 0) is 53.4 Å². The van der Waals surface area contributed by atoms with E-state index in [1.165, 1.54) is 5.56 Å². The number of halogens is 1. The van der Waals surface area contributed by atoms with Gasteiger partial charge < -0.3 is 10.5 Å². The zero-order chi connectivity index (χ0) is 15.4. The van der Waals surface area contributed by atoms with Crippen LogP contribution in [0.1, 0.15) is 30.8 Å². The minimum atomic E-state index is 0.151. The molecule has 2 N–H and O–H groups in total. The lowest BCUT2D eigenvalue weighted by atomic mass is 10.1. The molecular weight excluding hydrogens is 330 g/mol. The first-order valence-electron chi connectivity index (χ1n) is 7.18. The molecule has 0 amide bonds. The second kappa shape index (κ2) is 7.09. The van der Waals surface area contributed by atoms with E-state index in [1.54, 1.807) is 0 Å². The second-order valence-corrected chi connectivity index (χ2v) is 6.10. The van der Waals surface area contributed by atoms with Gasteiger partial charge in [-0.3, -0.25) is 4.68 Å². The normalized spacial score (nSPS) is 12.4. The zero-order valence-corrected chi connectivity index (χ0v) is 14.4. The van der Waals surface area contributed by atoms with Crippen LogP contribution in [0.3, 0.4) is 0 Å². The summed E-state index contributed by atoms with van der Waals surface area (Å²) in [7, 11) is 1.94. The van der Waals surface area contributed by atoms with E-state index in [0.717, 1.165) is 34.5 Å². The van der Waals surface area contributed by atoms with Crippen molar-refractivity contribution in [2.45, 2.75) is 39.3 Å². The fourth-order valence-corrected chi connectivity index (χ4v) is 2.99. The van der Waals surface area contributed by atoms with Crippen LogP contribution in [0.4, 0.5) is 0 Å². The monoisotopic (exact) mass is 351 g/mol. The molecular formula is C16H22BrN3O. The van der Waals surface area contributed by atoms with Gasteiger partial charge in [0.25, 0.3) is 0 Å². The molecule has 1 aromatic carbocycles. The first-order valence-corrected chi connectivity index (χ1v) is 7.98. The summed E-state index contributed by atoms with van der Waals surface area (Å²) in [6.07, 6.45) is 1.75. The van der Waals surface area contributed by atoms with Gasteiger partial charge in [0, 0.05) is 13.1 Å². The Bertz CT molecular complexity index is 608. The number of aryl methyl sites for hydroxylation is 2. The van der Waals surface area contributed by atoms with Crippen molar-refractivity contribution >= 4 is 15.9 Å². The minimum absolute atomic E-state index is 0.151. The van der Waals surface area contributed by atoms with Gasteiger partial charge in [-0.25, -0.2) is 0 Å². The molecule has 1 heterocycles. The molecule has 0 aliphatic heterocycles. The van der Waals surface area contributed by atoms with Crippen molar-refractivity contribution in [3.8, 4) is 5.75 Å². The molecule has 1 aromatic heterocycles. The first kappa shape index (κ1) is 16.0. The van der Waals surface area contributed by atoms with Gasteiger partial charge in [0.05, 0.1) is 15.9 Å². The Kier molecular flexibility index (Phi) is 5.42. The molecule has 1 unspecified atom stereocenters. The van der Waals surface area contributed by atoms with Gasteiger partial charge in [0.1, 0.15) is 12.4 Å². The molecule has 0 fully saturated rings. The molecule has 0 aliphatic carbocycles. The summed E-state index contributed by atoms with van der Waals surface area (Å²) >= 11 is 3.60. The van der Waals surface area contributed by atoms with Gasteiger partial charge in [-0.15, -0.1) is 0 Å². The third kappa shape index (κ3) is 4.08. The third-order valence-corrected chi connectivity index (χ3v) is 4.25. The number of nitrogens with two attached hydrogens (primary N) is 1. The minimum Gasteiger partial charge on any atom is -0.487 e. The van der Waals surface area contributed by atoms with Gasteiger partial charge in [0.15, 0.2) is 0 Å². The van der Waals surface area contributed by atoms with Crippen molar-refractivity contribution in [3.63, 3.8) is 0 Å². The summed E-state index contributed by atoms with van der Waals surface area (Å²) < 4.78 is 8.81.